The van der Waals surface area contributed by atoms with Gasteiger partial charge in [-0.25, -0.2) is 4.98 Å². The van der Waals surface area contributed by atoms with Crippen molar-refractivity contribution in [3.05, 3.63) is 66.0 Å². The van der Waals surface area contributed by atoms with Crippen LogP contribution in [0, 0.1) is 0 Å². The molecule has 1 amide bonds. The second-order valence-electron chi connectivity index (χ2n) is 6.59. The van der Waals surface area contributed by atoms with Crippen LogP contribution in [-0.4, -0.2) is 45.3 Å². The molecule has 0 saturated carbocycles. The molecule has 0 aliphatic carbocycles. The van der Waals surface area contributed by atoms with Gasteiger partial charge in [-0.3, -0.25) is 9.69 Å². The van der Waals surface area contributed by atoms with Crippen LogP contribution in [0.4, 0.5) is 0 Å². The van der Waals surface area contributed by atoms with Crippen molar-refractivity contribution in [1.29, 1.82) is 0 Å². The van der Waals surface area contributed by atoms with E-state index in [1.807, 2.05) is 35.2 Å². The van der Waals surface area contributed by atoms with Crippen molar-refractivity contribution < 1.29 is 4.79 Å². The van der Waals surface area contributed by atoms with Gasteiger partial charge < -0.3 is 9.88 Å². The first-order valence-corrected chi connectivity index (χ1v) is 8.69. The van der Waals surface area contributed by atoms with Gasteiger partial charge in [-0.05, 0) is 17.7 Å². The van der Waals surface area contributed by atoms with Crippen LogP contribution < -0.4 is 0 Å². The minimum Gasteiger partial charge on any atom is -0.340 e. The number of carbonyl (C=O) groups is 1. The maximum Gasteiger partial charge on any atom is 0.220 e. The Balaban J connectivity index is 1.60. The summed E-state index contributed by atoms with van der Waals surface area (Å²) in [5.41, 5.74) is 3.25. The number of nitrogens with one attached hydrogen (secondary N) is 1. The highest BCUT2D eigenvalue weighted by molar-refractivity contribution is 5.76. The number of imidazole rings is 1. The van der Waals surface area contributed by atoms with E-state index in [1.165, 1.54) is 5.56 Å². The molecule has 1 aliphatic rings. The van der Waals surface area contributed by atoms with Gasteiger partial charge in [0.25, 0.3) is 0 Å². The van der Waals surface area contributed by atoms with E-state index < -0.39 is 0 Å². The number of carbonyl (C=O) groups excluding carboxylic acids is 1. The molecule has 3 aromatic rings. The first kappa shape index (κ1) is 15.8. The predicted octanol–water partition coefficient (Wildman–Crippen LogP) is 2.97. The van der Waals surface area contributed by atoms with E-state index in [9.17, 15) is 4.79 Å². The van der Waals surface area contributed by atoms with Gasteiger partial charge in [0.1, 0.15) is 11.9 Å². The van der Waals surface area contributed by atoms with Crippen molar-refractivity contribution in [2.24, 2.45) is 0 Å². The first-order chi connectivity index (χ1) is 12.2. The topological polar surface area (TPSA) is 52.2 Å². The van der Waals surface area contributed by atoms with Crippen molar-refractivity contribution >= 4 is 16.9 Å². The van der Waals surface area contributed by atoms with Crippen molar-refractivity contribution in [2.45, 2.75) is 19.5 Å². The van der Waals surface area contributed by atoms with Gasteiger partial charge in [0.05, 0.1) is 11.0 Å². The molecule has 1 fully saturated rings. The summed E-state index contributed by atoms with van der Waals surface area (Å²) >= 11 is 0. The fourth-order valence-electron chi connectivity index (χ4n) is 3.57. The molecule has 0 bridgehead atoms. The highest BCUT2D eigenvalue weighted by Crippen LogP contribution is 2.26. The smallest absolute Gasteiger partial charge is 0.220 e. The van der Waals surface area contributed by atoms with Gasteiger partial charge in [-0.2, -0.15) is 0 Å². The van der Waals surface area contributed by atoms with Gasteiger partial charge in [0, 0.05) is 33.1 Å². The molecule has 5 nitrogen and oxygen atoms in total. The normalized spacial score (nSPS) is 18.6. The van der Waals surface area contributed by atoms with E-state index in [0.717, 1.165) is 43.0 Å². The Morgan fingerprint density at radius 3 is 2.64 bits per heavy atom. The third-order valence-electron chi connectivity index (χ3n) is 4.84. The summed E-state index contributed by atoms with van der Waals surface area (Å²) in [7, 11) is 0. The predicted molar refractivity (Wildman–Crippen MR) is 97.9 cm³/mol. The number of aromatic nitrogens is 2. The number of piperazine rings is 1. The minimum absolute atomic E-state index is 0.0395. The largest absolute Gasteiger partial charge is 0.340 e. The molecule has 1 aliphatic heterocycles. The number of nitrogens with zero attached hydrogens (tertiary/aromatic N) is 3. The molecule has 2 aromatic carbocycles. The molecule has 1 aromatic heterocycles. The van der Waals surface area contributed by atoms with Crippen molar-refractivity contribution in [3.8, 4) is 0 Å². The standard InChI is InChI=1S/C20H22N4O/c1-15(25)24-12-11-23(13-16-7-3-2-4-8-16)14-19(24)20-21-17-9-5-6-10-18(17)22-20/h2-10,19H,11-14H2,1H3,(H,21,22). The van der Waals surface area contributed by atoms with Gasteiger partial charge in [-0.15, -0.1) is 0 Å². The summed E-state index contributed by atoms with van der Waals surface area (Å²) in [6, 6.07) is 18.4. The van der Waals surface area contributed by atoms with Crippen LogP contribution in [-0.2, 0) is 11.3 Å². The lowest BCUT2D eigenvalue weighted by Crippen LogP contribution is -2.50. The zero-order chi connectivity index (χ0) is 17.2. The molecular formula is C20H22N4O. The molecule has 1 unspecified atom stereocenters. The van der Waals surface area contributed by atoms with Crippen LogP contribution in [0.3, 0.4) is 0 Å². The van der Waals surface area contributed by atoms with E-state index in [-0.39, 0.29) is 11.9 Å². The molecule has 5 heteroatoms. The number of aromatic amines is 1. The molecule has 2 heterocycles. The summed E-state index contributed by atoms with van der Waals surface area (Å²) in [4.78, 5) is 24.6. The van der Waals surface area contributed by atoms with Crippen LogP contribution >= 0.6 is 0 Å². The average molecular weight is 334 g/mol. The Bertz CT molecular complexity index is 841. The number of fused-ring (bicyclic) bond motifs is 1. The SMILES string of the molecule is CC(=O)N1CCN(Cc2ccccc2)CC1c1nc2ccccc2[nH]1. The van der Waals surface area contributed by atoms with Crippen LogP contribution in [0.25, 0.3) is 11.0 Å². The van der Waals surface area contributed by atoms with Gasteiger partial charge in [0.2, 0.25) is 5.91 Å². The van der Waals surface area contributed by atoms with E-state index in [4.69, 9.17) is 4.98 Å². The number of benzene rings is 2. The fourth-order valence-corrected chi connectivity index (χ4v) is 3.57. The lowest BCUT2D eigenvalue weighted by Gasteiger charge is -2.40. The lowest BCUT2D eigenvalue weighted by molar-refractivity contribution is -0.134. The van der Waals surface area contributed by atoms with Crippen LogP contribution in [0.15, 0.2) is 54.6 Å². The van der Waals surface area contributed by atoms with Crippen LogP contribution in [0.2, 0.25) is 0 Å². The molecule has 25 heavy (non-hydrogen) atoms. The molecule has 1 N–H and O–H groups in total. The number of hydrogen-bond acceptors (Lipinski definition) is 3. The Kier molecular flexibility index (Phi) is 4.24. The maximum absolute atomic E-state index is 12.1. The third kappa shape index (κ3) is 3.28. The minimum atomic E-state index is -0.0395. The zero-order valence-electron chi connectivity index (χ0n) is 14.4. The van der Waals surface area contributed by atoms with Gasteiger partial charge in [0.15, 0.2) is 0 Å². The second kappa shape index (κ2) is 6.69. The zero-order valence-corrected chi connectivity index (χ0v) is 14.4. The Morgan fingerprint density at radius 1 is 1.12 bits per heavy atom. The van der Waals surface area contributed by atoms with E-state index in [2.05, 4.69) is 34.1 Å². The second-order valence-corrected chi connectivity index (χ2v) is 6.59. The summed E-state index contributed by atoms with van der Waals surface area (Å²) in [5.74, 6) is 0.971. The summed E-state index contributed by atoms with van der Waals surface area (Å²) in [6.45, 7) is 4.93. The average Bonchev–Trinajstić information content (AvgIpc) is 3.06. The molecular weight excluding hydrogens is 312 g/mol. The molecule has 0 spiro atoms. The van der Waals surface area contributed by atoms with Crippen molar-refractivity contribution in [2.75, 3.05) is 19.6 Å². The summed E-state index contributed by atoms with van der Waals surface area (Å²) < 4.78 is 0. The van der Waals surface area contributed by atoms with Crippen LogP contribution in [0.5, 0.6) is 0 Å². The van der Waals surface area contributed by atoms with E-state index >= 15 is 0 Å². The number of hydrogen-bond donors (Lipinski definition) is 1. The van der Waals surface area contributed by atoms with Gasteiger partial charge >= 0.3 is 0 Å². The monoisotopic (exact) mass is 334 g/mol. The molecule has 4 rings (SSSR count). The summed E-state index contributed by atoms with van der Waals surface area (Å²) in [5, 5.41) is 0. The Labute approximate surface area is 147 Å². The molecule has 0 radical (unpaired) electrons. The number of para-hydroxylation sites is 2. The molecule has 1 saturated heterocycles. The number of rotatable bonds is 3. The first-order valence-electron chi connectivity index (χ1n) is 8.69. The Hall–Kier alpha value is -2.66. The van der Waals surface area contributed by atoms with Crippen LogP contribution in [0.1, 0.15) is 24.4 Å². The highest BCUT2D eigenvalue weighted by Gasteiger charge is 2.32. The lowest BCUT2D eigenvalue weighted by atomic mass is 10.1. The number of H-pyrrole nitrogens is 1. The van der Waals surface area contributed by atoms with E-state index in [0.29, 0.717) is 0 Å². The molecule has 1 atom stereocenters. The maximum atomic E-state index is 12.1. The number of amides is 1. The van der Waals surface area contributed by atoms with E-state index in [1.54, 1.807) is 6.92 Å². The molecule has 128 valence electrons. The summed E-state index contributed by atoms with van der Waals surface area (Å²) in [6.07, 6.45) is 0. The Morgan fingerprint density at radius 2 is 1.88 bits per heavy atom. The quantitative estimate of drug-likeness (QED) is 0.801. The van der Waals surface area contributed by atoms with Gasteiger partial charge in [-0.1, -0.05) is 42.5 Å². The highest BCUT2D eigenvalue weighted by atomic mass is 16.2. The third-order valence-corrected chi connectivity index (χ3v) is 4.84. The van der Waals surface area contributed by atoms with Crippen molar-refractivity contribution in [3.63, 3.8) is 0 Å². The van der Waals surface area contributed by atoms with Crippen molar-refractivity contribution in [1.82, 2.24) is 19.8 Å². The fraction of sp³-hybridized carbons (Fsp3) is 0.300.